The zero-order valence-corrected chi connectivity index (χ0v) is 11.2. The third kappa shape index (κ3) is 1.41. The van der Waals surface area contributed by atoms with E-state index in [2.05, 4.69) is 45.5 Å². The van der Waals surface area contributed by atoms with E-state index in [0.29, 0.717) is 0 Å². The topological polar surface area (TPSA) is 17.8 Å². The molecule has 0 fully saturated rings. The van der Waals surface area contributed by atoms with Gasteiger partial charge in [0.25, 0.3) is 0 Å². The van der Waals surface area contributed by atoms with Crippen LogP contribution >= 0.6 is 15.9 Å². The number of halogens is 1. The zero-order valence-electron chi connectivity index (χ0n) is 9.63. The predicted molar refractivity (Wildman–Crippen MR) is 69.6 cm³/mol. The van der Waals surface area contributed by atoms with Crippen molar-refractivity contribution in [2.45, 2.75) is 26.2 Å². The van der Waals surface area contributed by atoms with Crippen molar-refractivity contribution in [3.63, 3.8) is 0 Å². The highest BCUT2D eigenvalue weighted by Gasteiger charge is 2.22. The van der Waals surface area contributed by atoms with Crippen molar-refractivity contribution in [2.24, 2.45) is 13.0 Å². The molecule has 0 amide bonds. The van der Waals surface area contributed by atoms with Gasteiger partial charge in [-0.2, -0.15) is 0 Å². The van der Waals surface area contributed by atoms with Crippen molar-refractivity contribution in [3.8, 4) is 0 Å². The van der Waals surface area contributed by atoms with E-state index < -0.39 is 0 Å². The Labute approximate surface area is 104 Å². The maximum absolute atomic E-state index is 4.58. The van der Waals surface area contributed by atoms with Crippen LogP contribution in [0.3, 0.4) is 0 Å². The molecule has 1 atom stereocenters. The second-order valence-corrected chi connectivity index (χ2v) is 5.65. The highest BCUT2D eigenvalue weighted by Crippen LogP contribution is 2.33. The number of fused-ring (bicyclic) bond motifs is 3. The summed E-state index contributed by atoms with van der Waals surface area (Å²) in [6.45, 7) is 2.34. The summed E-state index contributed by atoms with van der Waals surface area (Å²) in [4.78, 5) is 4.58. The number of hydrogen-bond acceptors (Lipinski definition) is 1. The molecule has 2 heterocycles. The van der Waals surface area contributed by atoms with Crippen molar-refractivity contribution < 1.29 is 0 Å². The van der Waals surface area contributed by atoms with Gasteiger partial charge in [0.15, 0.2) is 0 Å². The quantitative estimate of drug-likeness (QED) is 0.675. The van der Waals surface area contributed by atoms with Crippen LogP contribution in [0.4, 0.5) is 0 Å². The lowest BCUT2D eigenvalue weighted by molar-refractivity contribution is 0.491. The molecule has 84 valence electrons. The Bertz CT molecular complexity index is 557. The molecule has 0 saturated carbocycles. The molecular formula is C13H15BrN2. The Kier molecular flexibility index (Phi) is 2.32. The minimum atomic E-state index is 0.807. The minimum Gasteiger partial charge on any atom is -0.332 e. The Balaban J connectivity index is 2.32. The van der Waals surface area contributed by atoms with Crippen molar-refractivity contribution in [2.75, 3.05) is 0 Å². The lowest BCUT2D eigenvalue weighted by Crippen LogP contribution is -2.12. The van der Waals surface area contributed by atoms with Crippen molar-refractivity contribution in [3.05, 3.63) is 28.0 Å². The van der Waals surface area contributed by atoms with Crippen molar-refractivity contribution in [1.29, 1.82) is 0 Å². The summed E-state index contributed by atoms with van der Waals surface area (Å²) in [5.74, 6) is 0.807. The summed E-state index contributed by atoms with van der Waals surface area (Å²) in [7, 11) is 2.14. The molecule has 0 N–H and O–H groups in total. The summed E-state index contributed by atoms with van der Waals surface area (Å²) < 4.78 is 3.19. The Hall–Kier alpha value is -0.830. The summed E-state index contributed by atoms with van der Waals surface area (Å²) in [5.41, 5.74) is 4.13. The molecule has 0 aromatic carbocycles. The molecule has 2 nitrogen and oxygen atoms in total. The number of pyridine rings is 1. The van der Waals surface area contributed by atoms with Crippen LogP contribution in [0.15, 0.2) is 16.7 Å². The molecule has 16 heavy (non-hydrogen) atoms. The number of rotatable bonds is 0. The summed E-state index contributed by atoms with van der Waals surface area (Å²) in [6, 6.07) is 4.24. The molecule has 3 heteroatoms. The van der Waals surface area contributed by atoms with Gasteiger partial charge in [0.2, 0.25) is 0 Å². The fourth-order valence-corrected chi connectivity index (χ4v) is 3.08. The number of aryl methyl sites for hydroxylation is 1. The second kappa shape index (κ2) is 3.59. The first kappa shape index (κ1) is 10.3. The number of hydrogen-bond donors (Lipinski definition) is 0. The average Bonchev–Trinajstić information content (AvgIpc) is 2.52. The standard InChI is InChI=1S/C13H15BrN2/c1-8-3-5-11-10(7-8)9-4-6-12(14)15-13(9)16(11)2/h4,6,8H,3,5,7H2,1-2H3. The van der Waals surface area contributed by atoms with Crippen LogP contribution in [0.2, 0.25) is 0 Å². The minimum absolute atomic E-state index is 0.807. The largest absolute Gasteiger partial charge is 0.332 e. The monoisotopic (exact) mass is 278 g/mol. The average molecular weight is 279 g/mol. The van der Waals surface area contributed by atoms with E-state index >= 15 is 0 Å². The van der Waals surface area contributed by atoms with Crippen LogP contribution in [-0.2, 0) is 19.9 Å². The first-order valence-corrected chi connectivity index (χ1v) is 6.59. The lowest BCUT2D eigenvalue weighted by Gasteiger charge is -2.19. The Morgan fingerprint density at radius 2 is 2.25 bits per heavy atom. The molecule has 0 spiro atoms. The SMILES string of the molecule is CC1CCc2c(c3ccc(Br)nc3n2C)C1. The molecule has 1 aliphatic rings. The normalized spacial score (nSPS) is 20.1. The van der Waals surface area contributed by atoms with Gasteiger partial charge in [-0.05, 0) is 58.8 Å². The molecule has 1 unspecified atom stereocenters. The van der Waals surface area contributed by atoms with Gasteiger partial charge in [-0.25, -0.2) is 4.98 Å². The molecule has 3 rings (SSSR count). The lowest BCUT2D eigenvalue weighted by atomic mass is 9.88. The number of nitrogens with zero attached hydrogens (tertiary/aromatic N) is 2. The zero-order chi connectivity index (χ0) is 11.3. The van der Waals surface area contributed by atoms with E-state index in [1.54, 1.807) is 0 Å². The Morgan fingerprint density at radius 1 is 1.44 bits per heavy atom. The first-order valence-electron chi connectivity index (χ1n) is 5.79. The highest BCUT2D eigenvalue weighted by atomic mass is 79.9. The van der Waals surface area contributed by atoms with Crippen LogP contribution in [-0.4, -0.2) is 9.55 Å². The van der Waals surface area contributed by atoms with Crippen LogP contribution in [0, 0.1) is 5.92 Å². The van der Waals surface area contributed by atoms with E-state index in [1.807, 2.05) is 6.07 Å². The van der Waals surface area contributed by atoms with E-state index in [9.17, 15) is 0 Å². The maximum atomic E-state index is 4.58. The third-order valence-corrected chi connectivity index (χ3v) is 4.11. The van der Waals surface area contributed by atoms with Gasteiger partial charge in [-0.15, -0.1) is 0 Å². The fourth-order valence-electron chi connectivity index (χ4n) is 2.78. The second-order valence-electron chi connectivity index (χ2n) is 4.84. The summed E-state index contributed by atoms with van der Waals surface area (Å²) in [5, 5.41) is 1.34. The maximum Gasteiger partial charge on any atom is 0.141 e. The molecule has 0 saturated heterocycles. The molecular weight excluding hydrogens is 264 g/mol. The highest BCUT2D eigenvalue weighted by molar-refractivity contribution is 9.10. The van der Waals surface area contributed by atoms with Gasteiger partial charge >= 0.3 is 0 Å². The van der Waals surface area contributed by atoms with Gasteiger partial charge in [0, 0.05) is 18.1 Å². The molecule has 0 radical (unpaired) electrons. The molecule has 2 aromatic heterocycles. The number of aromatic nitrogens is 2. The third-order valence-electron chi connectivity index (χ3n) is 3.66. The summed E-state index contributed by atoms with van der Waals surface area (Å²) in [6.07, 6.45) is 3.70. The van der Waals surface area contributed by atoms with Crippen molar-refractivity contribution >= 4 is 27.0 Å². The van der Waals surface area contributed by atoms with E-state index in [1.165, 1.54) is 35.9 Å². The van der Waals surface area contributed by atoms with E-state index in [4.69, 9.17) is 0 Å². The van der Waals surface area contributed by atoms with E-state index in [-0.39, 0.29) is 0 Å². The Morgan fingerprint density at radius 3 is 3.06 bits per heavy atom. The van der Waals surface area contributed by atoms with Gasteiger partial charge in [0.05, 0.1) is 0 Å². The van der Waals surface area contributed by atoms with Gasteiger partial charge in [-0.1, -0.05) is 6.92 Å². The van der Waals surface area contributed by atoms with Crippen LogP contribution in [0.1, 0.15) is 24.6 Å². The van der Waals surface area contributed by atoms with Crippen LogP contribution in [0.25, 0.3) is 11.0 Å². The molecule has 1 aliphatic carbocycles. The van der Waals surface area contributed by atoms with Crippen LogP contribution in [0.5, 0.6) is 0 Å². The van der Waals surface area contributed by atoms with Crippen LogP contribution < -0.4 is 0 Å². The first-order chi connectivity index (χ1) is 7.66. The predicted octanol–water partition coefficient (Wildman–Crippen LogP) is 3.46. The fraction of sp³-hybridized carbons (Fsp3) is 0.462. The van der Waals surface area contributed by atoms with Gasteiger partial charge < -0.3 is 4.57 Å². The molecule has 0 bridgehead atoms. The summed E-state index contributed by atoms with van der Waals surface area (Å²) >= 11 is 3.45. The van der Waals surface area contributed by atoms with Gasteiger partial charge in [0.1, 0.15) is 10.3 Å². The van der Waals surface area contributed by atoms with Crippen molar-refractivity contribution in [1.82, 2.24) is 9.55 Å². The smallest absolute Gasteiger partial charge is 0.141 e. The molecule has 0 aliphatic heterocycles. The molecule has 2 aromatic rings. The van der Waals surface area contributed by atoms with E-state index in [0.717, 1.165) is 16.2 Å². The van der Waals surface area contributed by atoms with Gasteiger partial charge in [-0.3, -0.25) is 0 Å².